The predicted molar refractivity (Wildman–Crippen MR) is 130 cm³/mol. The topological polar surface area (TPSA) is 82.3 Å². The number of ether oxygens (including phenoxy) is 1. The Morgan fingerprint density at radius 2 is 1.91 bits per heavy atom. The molecule has 0 radical (unpaired) electrons. The lowest BCUT2D eigenvalue weighted by molar-refractivity contribution is 0.0526. The largest absolute Gasteiger partial charge is 0.462 e. The zero-order valence-electron chi connectivity index (χ0n) is 17.7. The smallest absolute Gasteiger partial charge is 0.340 e. The Hall–Kier alpha value is -3.62. The molecule has 162 valence electrons. The number of aryl methyl sites for hydroxylation is 1. The molecule has 0 aliphatic carbocycles. The third-order valence-electron chi connectivity index (χ3n) is 5.58. The molecule has 0 aliphatic rings. The van der Waals surface area contributed by atoms with E-state index >= 15 is 0 Å². The first-order valence-corrected chi connectivity index (χ1v) is 11.6. The molecular weight excluding hydrogens is 458 g/mol. The van der Waals surface area contributed by atoms with Crippen LogP contribution in [-0.2, 0) is 4.74 Å². The van der Waals surface area contributed by atoms with Crippen molar-refractivity contribution in [2.75, 3.05) is 6.61 Å². The van der Waals surface area contributed by atoms with Crippen molar-refractivity contribution in [1.82, 2.24) is 24.8 Å². The van der Waals surface area contributed by atoms with Crippen LogP contribution in [0.4, 0.5) is 0 Å². The molecule has 2 aromatic carbocycles. The quantitative estimate of drug-likeness (QED) is 0.300. The zero-order valence-corrected chi connectivity index (χ0v) is 19.2. The molecule has 7 nitrogen and oxygen atoms in total. The summed E-state index contributed by atoms with van der Waals surface area (Å²) in [6.07, 6.45) is 0. The van der Waals surface area contributed by atoms with Gasteiger partial charge in [0, 0.05) is 16.0 Å². The Bertz CT molecular complexity index is 1720. The summed E-state index contributed by atoms with van der Waals surface area (Å²) in [6, 6.07) is 15.2. The summed E-state index contributed by atoms with van der Waals surface area (Å²) in [4.78, 5) is 23.3. The third kappa shape index (κ3) is 2.98. The molecular formula is C24H16ClN5O2S. The standard InChI is InChI=1S/C24H16ClN5O2S/c1-3-32-24(31)17-12(2)26-23-19(18(17)13-8-10-14(25)11-9-13)20-21(33-23)22-27-15-6-4-5-7-16(15)30(22)29-28-20/h4-11H,3H2,1-2H3. The minimum Gasteiger partial charge on any atom is -0.462 e. The summed E-state index contributed by atoms with van der Waals surface area (Å²) in [6.45, 7) is 3.87. The number of halogens is 1. The highest BCUT2D eigenvalue weighted by atomic mass is 35.5. The summed E-state index contributed by atoms with van der Waals surface area (Å²) >= 11 is 7.63. The predicted octanol–water partition coefficient (Wildman–Crippen LogP) is 5.85. The van der Waals surface area contributed by atoms with Crippen LogP contribution in [-0.4, -0.2) is 37.4 Å². The van der Waals surface area contributed by atoms with Crippen LogP contribution in [0.2, 0.25) is 5.02 Å². The van der Waals surface area contributed by atoms with E-state index < -0.39 is 5.97 Å². The molecule has 0 saturated carbocycles. The Balaban J connectivity index is 1.78. The lowest BCUT2D eigenvalue weighted by Crippen LogP contribution is -2.10. The van der Waals surface area contributed by atoms with Gasteiger partial charge in [-0.3, -0.25) is 0 Å². The lowest BCUT2D eigenvalue weighted by Gasteiger charge is -2.13. The van der Waals surface area contributed by atoms with E-state index in [1.165, 1.54) is 11.3 Å². The van der Waals surface area contributed by atoms with Gasteiger partial charge in [0.05, 0.1) is 28.9 Å². The van der Waals surface area contributed by atoms with E-state index in [0.717, 1.165) is 31.5 Å². The highest BCUT2D eigenvalue weighted by Gasteiger charge is 2.26. The van der Waals surface area contributed by atoms with Gasteiger partial charge >= 0.3 is 5.97 Å². The molecule has 0 saturated heterocycles. The molecule has 4 heterocycles. The van der Waals surface area contributed by atoms with Crippen molar-refractivity contribution in [3.05, 3.63) is 64.8 Å². The van der Waals surface area contributed by atoms with Crippen LogP contribution in [0.25, 0.3) is 48.2 Å². The summed E-state index contributed by atoms with van der Waals surface area (Å²) in [7, 11) is 0. The summed E-state index contributed by atoms with van der Waals surface area (Å²) in [5, 5.41) is 10.4. The van der Waals surface area contributed by atoms with E-state index in [9.17, 15) is 4.79 Å². The Morgan fingerprint density at radius 1 is 1.12 bits per heavy atom. The lowest BCUT2D eigenvalue weighted by atomic mass is 9.96. The first-order valence-electron chi connectivity index (χ1n) is 10.4. The third-order valence-corrected chi connectivity index (χ3v) is 6.90. The molecule has 33 heavy (non-hydrogen) atoms. The number of benzene rings is 2. The Kier molecular flexibility index (Phi) is 4.53. The van der Waals surface area contributed by atoms with Crippen LogP contribution >= 0.6 is 22.9 Å². The number of rotatable bonds is 3. The average Bonchev–Trinajstić information content (AvgIpc) is 3.37. The fourth-order valence-electron chi connectivity index (χ4n) is 4.17. The highest BCUT2D eigenvalue weighted by Crippen LogP contribution is 2.42. The molecule has 9 heteroatoms. The number of hydrogen-bond acceptors (Lipinski definition) is 7. The van der Waals surface area contributed by atoms with Crippen molar-refractivity contribution in [1.29, 1.82) is 0 Å². The number of carbonyl (C=O) groups is 1. The van der Waals surface area contributed by atoms with E-state index in [2.05, 4.69) is 10.3 Å². The number of hydrogen-bond donors (Lipinski definition) is 0. The first-order chi connectivity index (χ1) is 16.1. The monoisotopic (exact) mass is 473 g/mol. The van der Waals surface area contributed by atoms with Crippen molar-refractivity contribution < 1.29 is 9.53 Å². The van der Waals surface area contributed by atoms with Crippen LogP contribution in [0.5, 0.6) is 0 Å². The number of fused-ring (bicyclic) bond motifs is 7. The van der Waals surface area contributed by atoms with Gasteiger partial charge in [-0.1, -0.05) is 41.1 Å². The van der Waals surface area contributed by atoms with Crippen LogP contribution < -0.4 is 0 Å². The average molecular weight is 474 g/mol. The first kappa shape index (κ1) is 20.0. The maximum absolute atomic E-state index is 13.0. The van der Waals surface area contributed by atoms with Gasteiger partial charge in [0.15, 0.2) is 5.65 Å². The SMILES string of the molecule is CCOC(=O)c1c(C)nc2sc3c(nnn4c5ccccc5nc34)c2c1-c1ccc(Cl)cc1. The molecule has 0 N–H and O–H groups in total. The minimum absolute atomic E-state index is 0.266. The van der Waals surface area contributed by atoms with Crippen LogP contribution in [0.15, 0.2) is 48.5 Å². The fraction of sp³-hybridized carbons (Fsp3) is 0.125. The van der Waals surface area contributed by atoms with Crippen molar-refractivity contribution >= 4 is 66.0 Å². The number of imidazole rings is 1. The number of carbonyl (C=O) groups excluding carboxylic acids is 1. The molecule has 0 fully saturated rings. The summed E-state index contributed by atoms with van der Waals surface area (Å²) in [5.74, 6) is -0.422. The number of nitrogens with zero attached hydrogens (tertiary/aromatic N) is 5. The van der Waals surface area contributed by atoms with Crippen LogP contribution in [0.1, 0.15) is 23.0 Å². The van der Waals surface area contributed by atoms with E-state index in [1.807, 2.05) is 43.3 Å². The van der Waals surface area contributed by atoms with Crippen molar-refractivity contribution in [2.24, 2.45) is 0 Å². The number of aromatic nitrogens is 5. The van der Waals surface area contributed by atoms with E-state index in [1.54, 1.807) is 23.6 Å². The van der Waals surface area contributed by atoms with Gasteiger partial charge in [-0.2, -0.15) is 4.52 Å². The maximum Gasteiger partial charge on any atom is 0.340 e. The summed E-state index contributed by atoms with van der Waals surface area (Å²) < 4.78 is 7.99. The second-order valence-electron chi connectivity index (χ2n) is 7.56. The molecule has 0 amide bonds. The van der Waals surface area contributed by atoms with Crippen molar-refractivity contribution in [2.45, 2.75) is 13.8 Å². The molecule has 0 aliphatic heterocycles. The zero-order chi connectivity index (χ0) is 22.7. The summed E-state index contributed by atoms with van der Waals surface area (Å²) in [5.41, 5.74) is 5.64. The van der Waals surface area contributed by atoms with Crippen LogP contribution in [0.3, 0.4) is 0 Å². The van der Waals surface area contributed by atoms with E-state index in [-0.39, 0.29) is 6.61 Å². The molecule has 0 spiro atoms. The molecule has 0 atom stereocenters. The maximum atomic E-state index is 13.0. The van der Waals surface area contributed by atoms with E-state index in [0.29, 0.717) is 33.0 Å². The Labute approximate surface area is 196 Å². The molecule has 4 aromatic heterocycles. The fourth-order valence-corrected chi connectivity index (χ4v) is 5.44. The van der Waals surface area contributed by atoms with Gasteiger partial charge in [0.25, 0.3) is 0 Å². The number of esters is 1. The second kappa shape index (κ2) is 7.47. The van der Waals surface area contributed by atoms with Gasteiger partial charge in [0.2, 0.25) is 0 Å². The Morgan fingerprint density at radius 3 is 2.70 bits per heavy atom. The second-order valence-corrected chi connectivity index (χ2v) is 9.00. The minimum atomic E-state index is -0.422. The normalized spacial score (nSPS) is 11.7. The van der Waals surface area contributed by atoms with Crippen molar-refractivity contribution in [3.8, 4) is 11.1 Å². The number of para-hydroxylation sites is 2. The molecule has 6 rings (SSSR count). The van der Waals surface area contributed by atoms with Crippen molar-refractivity contribution in [3.63, 3.8) is 0 Å². The molecule has 0 unspecified atom stereocenters. The van der Waals surface area contributed by atoms with Gasteiger partial charge in [0.1, 0.15) is 15.0 Å². The van der Waals surface area contributed by atoms with Gasteiger partial charge in [-0.05, 0) is 43.7 Å². The van der Waals surface area contributed by atoms with E-state index in [4.69, 9.17) is 26.3 Å². The van der Waals surface area contributed by atoms with Gasteiger partial charge in [-0.25, -0.2) is 14.8 Å². The molecule has 6 aromatic rings. The number of pyridine rings is 1. The van der Waals surface area contributed by atoms with Crippen LogP contribution in [0, 0.1) is 6.92 Å². The highest BCUT2D eigenvalue weighted by molar-refractivity contribution is 7.26. The van der Waals surface area contributed by atoms with Gasteiger partial charge in [-0.15, -0.1) is 16.4 Å². The number of thiophene rings is 1. The molecule has 0 bridgehead atoms. The van der Waals surface area contributed by atoms with Gasteiger partial charge < -0.3 is 4.74 Å².